The van der Waals surface area contributed by atoms with E-state index in [2.05, 4.69) is 18.3 Å². The summed E-state index contributed by atoms with van der Waals surface area (Å²) in [7, 11) is 0. The van der Waals surface area contributed by atoms with Gasteiger partial charge in [-0.15, -0.1) is 0 Å². The summed E-state index contributed by atoms with van der Waals surface area (Å²) in [5, 5.41) is 12.3. The fourth-order valence-corrected chi connectivity index (χ4v) is 3.19. The number of amides is 1. The highest BCUT2D eigenvalue weighted by molar-refractivity contribution is 7.99. The Hall–Kier alpha value is -0.690. The Morgan fingerprint density at radius 3 is 2.67 bits per heavy atom. The molecule has 0 radical (unpaired) electrons. The first-order chi connectivity index (χ1) is 8.64. The van der Waals surface area contributed by atoms with Gasteiger partial charge in [0.05, 0.1) is 6.07 Å². The number of nitrogens with zero attached hydrogens (tertiary/aromatic N) is 1. The first kappa shape index (κ1) is 15.4. The first-order valence-electron chi connectivity index (χ1n) is 6.94. The van der Waals surface area contributed by atoms with Gasteiger partial charge in [0.25, 0.3) is 0 Å². The van der Waals surface area contributed by atoms with Crippen LogP contribution in [0.4, 0.5) is 0 Å². The molecule has 1 amide bonds. The van der Waals surface area contributed by atoms with Crippen LogP contribution in [0.2, 0.25) is 0 Å². The number of rotatable bonds is 6. The maximum Gasteiger partial charge on any atom is 0.240 e. The molecule has 4 heteroatoms. The van der Waals surface area contributed by atoms with Crippen LogP contribution in [-0.4, -0.2) is 23.5 Å². The molecule has 1 N–H and O–H groups in total. The Balaban J connectivity index is 2.45. The Bertz CT molecular complexity index is 305. The summed E-state index contributed by atoms with van der Waals surface area (Å²) in [5.74, 6) is 2.14. The summed E-state index contributed by atoms with van der Waals surface area (Å²) in [4.78, 5) is 12.3. The van der Waals surface area contributed by atoms with E-state index in [0.29, 0.717) is 0 Å². The smallest absolute Gasteiger partial charge is 0.240 e. The third-order valence-electron chi connectivity index (χ3n) is 3.63. The Morgan fingerprint density at radius 1 is 1.44 bits per heavy atom. The maximum absolute atomic E-state index is 12.3. The van der Waals surface area contributed by atoms with E-state index < -0.39 is 5.41 Å². The number of nitrogens with one attached hydrogen (secondary N) is 1. The average molecular weight is 268 g/mol. The van der Waals surface area contributed by atoms with E-state index in [9.17, 15) is 10.1 Å². The molecule has 1 atom stereocenters. The molecule has 0 aromatic carbocycles. The number of nitriles is 1. The highest BCUT2D eigenvalue weighted by atomic mass is 32.2. The SMILES string of the molecule is CCSCCC(C)NC(=O)C1(C#N)CCCCC1. The molecule has 0 aromatic heterocycles. The molecule has 1 aliphatic rings. The molecule has 0 aliphatic heterocycles. The Kier molecular flexibility index (Phi) is 6.56. The molecule has 1 rings (SSSR count). The highest BCUT2D eigenvalue weighted by Crippen LogP contribution is 2.35. The summed E-state index contributed by atoms with van der Waals surface area (Å²) in [5.41, 5.74) is -0.746. The second-order valence-corrected chi connectivity index (χ2v) is 6.51. The van der Waals surface area contributed by atoms with Gasteiger partial charge < -0.3 is 5.32 Å². The van der Waals surface area contributed by atoms with Crippen molar-refractivity contribution in [1.82, 2.24) is 5.32 Å². The van der Waals surface area contributed by atoms with Gasteiger partial charge in [-0.1, -0.05) is 26.2 Å². The Morgan fingerprint density at radius 2 is 2.11 bits per heavy atom. The van der Waals surface area contributed by atoms with Crippen LogP contribution in [0, 0.1) is 16.7 Å². The van der Waals surface area contributed by atoms with Gasteiger partial charge in [0, 0.05) is 6.04 Å². The van der Waals surface area contributed by atoms with Crippen LogP contribution >= 0.6 is 11.8 Å². The second-order valence-electron chi connectivity index (χ2n) is 5.11. The van der Waals surface area contributed by atoms with Gasteiger partial charge in [-0.2, -0.15) is 17.0 Å². The van der Waals surface area contributed by atoms with Crippen molar-refractivity contribution in [3.05, 3.63) is 0 Å². The Labute approximate surface area is 115 Å². The summed E-state index contributed by atoms with van der Waals surface area (Å²) < 4.78 is 0. The summed E-state index contributed by atoms with van der Waals surface area (Å²) >= 11 is 1.89. The quantitative estimate of drug-likeness (QED) is 0.753. The van der Waals surface area contributed by atoms with Crippen molar-refractivity contribution in [2.75, 3.05) is 11.5 Å². The van der Waals surface area contributed by atoms with Crippen molar-refractivity contribution in [2.24, 2.45) is 5.41 Å². The molecule has 0 aromatic rings. The average Bonchev–Trinajstić information content (AvgIpc) is 2.39. The van der Waals surface area contributed by atoms with Crippen molar-refractivity contribution in [3.8, 4) is 6.07 Å². The highest BCUT2D eigenvalue weighted by Gasteiger charge is 2.40. The van der Waals surface area contributed by atoms with E-state index >= 15 is 0 Å². The monoisotopic (exact) mass is 268 g/mol. The molecule has 0 saturated heterocycles. The summed E-state index contributed by atoms with van der Waals surface area (Å²) in [6.45, 7) is 4.17. The third kappa shape index (κ3) is 4.20. The van der Waals surface area contributed by atoms with E-state index in [4.69, 9.17) is 0 Å². The lowest BCUT2D eigenvalue weighted by Crippen LogP contribution is -2.45. The zero-order valence-electron chi connectivity index (χ0n) is 11.5. The maximum atomic E-state index is 12.3. The molecule has 1 unspecified atom stereocenters. The summed E-state index contributed by atoms with van der Waals surface area (Å²) in [6.07, 6.45) is 5.59. The van der Waals surface area contributed by atoms with E-state index in [1.54, 1.807) is 0 Å². The molecule has 18 heavy (non-hydrogen) atoms. The lowest BCUT2D eigenvalue weighted by Gasteiger charge is -2.30. The van der Waals surface area contributed by atoms with Gasteiger partial charge in [0.2, 0.25) is 5.91 Å². The fraction of sp³-hybridized carbons (Fsp3) is 0.857. The van der Waals surface area contributed by atoms with Gasteiger partial charge in [-0.05, 0) is 37.7 Å². The molecule has 102 valence electrons. The number of carbonyl (C=O) groups is 1. The number of hydrogen-bond donors (Lipinski definition) is 1. The van der Waals surface area contributed by atoms with Gasteiger partial charge >= 0.3 is 0 Å². The number of carbonyl (C=O) groups excluding carboxylic acids is 1. The van der Waals surface area contributed by atoms with E-state index in [-0.39, 0.29) is 11.9 Å². The molecule has 1 fully saturated rings. The predicted molar refractivity (Wildman–Crippen MR) is 76.4 cm³/mol. The minimum Gasteiger partial charge on any atom is -0.352 e. The number of thioether (sulfide) groups is 1. The molecule has 0 spiro atoms. The molecular formula is C14H24N2OS. The molecule has 1 saturated carbocycles. The lowest BCUT2D eigenvalue weighted by molar-refractivity contribution is -0.130. The van der Waals surface area contributed by atoms with Crippen LogP contribution in [0.15, 0.2) is 0 Å². The van der Waals surface area contributed by atoms with E-state index in [1.807, 2.05) is 18.7 Å². The first-order valence-corrected chi connectivity index (χ1v) is 8.10. The van der Waals surface area contributed by atoms with Crippen LogP contribution in [0.5, 0.6) is 0 Å². The topological polar surface area (TPSA) is 52.9 Å². The number of hydrogen-bond acceptors (Lipinski definition) is 3. The summed E-state index contributed by atoms with van der Waals surface area (Å²) in [6, 6.07) is 2.44. The van der Waals surface area contributed by atoms with Crippen molar-refractivity contribution in [1.29, 1.82) is 5.26 Å². The molecule has 0 bridgehead atoms. The van der Waals surface area contributed by atoms with E-state index in [1.165, 1.54) is 0 Å². The zero-order valence-corrected chi connectivity index (χ0v) is 12.3. The predicted octanol–water partition coefficient (Wildman–Crippen LogP) is 3.11. The minimum atomic E-state index is -0.746. The third-order valence-corrected chi connectivity index (χ3v) is 4.57. The fourth-order valence-electron chi connectivity index (χ4n) is 2.38. The minimum absolute atomic E-state index is 0.0429. The second kappa shape index (κ2) is 7.68. The molecule has 3 nitrogen and oxygen atoms in total. The normalized spacial score (nSPS) is 19.8. The van der Waals surface area contributed by atoms with Crippen molar-refractivity contribution in [3.63, 3.8) is 0 Å². The van der Waals surface area contributed by atoms with Gasteiger partial charge in [0.15, 0.2) is 0 Å². The molecule has 0 heterocycles. The van der Waals surface area contributed by atoms with Crippen LogP contribution < -0.4 is 5.32 Å². The van der Waals surface area contributed by atoms with Crippen LogP contribution in [0.3, 0.4) is 0 Å². The van der Waals surface area contributed by atoms with E-state index in [0.717, 1.165) is 50.0 Å². The van der Waals surface area contributed by atoms with Gasteiger partial charge in [-0.3, -0.25) is 4.79 Å². The van der Waals surface area contributed by atoms with Crippen molar-refractivity contribution < 1.29 is 4.79 Å². The van der Waals surface area contributed by atoms with Crippen LogP contribution in [-0.2, 0) is 4.79 Å². The molecular weight excluding hydrogens is 244 g/mol. The van der Waals surface area contributed by atoms with Crippen molar-refractivity contribution in [2.45, 2.75) is 58.4 Å². The van der Waals surface area contributed by atoms with Crippen LogP contribution in [0.25, 0.3) is 0 Å². The van der Waals surface area contributed by atoms with Crippen molar-refractivity contribution >= 4 is 17.7 Å². The lowest BCUT2D eigenvalue weighted by atomic mass is 9.74. The largest absolute Gasteiger partial charge is 0.352 e. The van der Waals surface area contributed by atoms with Gasteiger partial charge in [-0.25, -0.2) is 0 Å². The standard InChI is InChI=1S/C14H24N2OS/c1-3-18-10-7-12(2)16-13(17)14(11-15)8-5-4-6-9-14/h12H,3-10H2,1-2H3,(H,16,17). The molecule has 1 aliphatic carbocycles. The van der Waals surface area contributed by atoms with Gasteiger partial charge in [0.1, 0.15) is 5.41 Å². The van der Waals surface area contributed by atoms with Crippen LogP contribution in [0.1, 0.15) is 52.4 Å². The zero-order chi connectivity index (χ0) is 13.4.